The molecule has 1 fully saturated rings. The molecule has 3 rings (SSSR count). The lowest BCUT2D eigenvalue weighted by Gasteiger charge is -2.22. The smallest absolute Gasteiger partial charge is 0.207 e. The van der Waals surface area contributed by atoms with Gasteiger partial charge in [0.1, 0.15) is 11.8 Å². The minimum Gasteiger partial charge on any atom is -0.313 e. The summed E-state index contributed by atoms with van der Waals surface area (Å²) in [5, 5.41) is 5.38. The maximum atomic E-state index is 11.7. The summed E-state index contributed by atoms with van der Waals surface area (Å²) in [5.41, 5.74) is 0.551. The van der Waals surface area contributed by atoms with Gasteiger partial charge in [-0.25, -0.2) is 8.42 Å². The number of halogens is 2. The Morgan fingerprint density at radius 3 is 2.83 bits per heavy atom. The number of nitrogens with zero attached hydrogens (tertiary/aromatic N) is 3. The van der Waals surface area contributed by atoms with Crippen molar-refractivity contribution in [2.45, 2.75) is 26.1 Å². The second-order valence-electron chi connectivity index (χ2n) is 5.75. The van der Waals surface area contributed by atoms with Gasteiger partial charge in [-0.3, -0.25) is 4.40 Å². The van der Waals surface area contributed by atoms with Gasteiger partial charge in [0.15, 0.2) is 22.2 Å². The van der Waals surface area contributed by atoms with Gasteiger partial charge in [-0.05, 0) is 25.2 Å². The Kier molecular flexibility index (Phi) is 4.72. The van der Waals surface area contributed by atoms with Crippen LogP contribution in [0.3, 0.4) is 0 Å². The quantitative estimate of drug-likeness (QED) is 0.790. The predicted octanol–water partition coefficient (Wildman–Crippen LogP) is 1.22. The zero-order valence-electron chi connectivity index (χ0n) is 12.5. The third-order valence-corrected chi connectivity index (χ3v) is 6.88. The van der Waals surface area contributed by atoms with Crippen molar-refractivity contribution >= 4 is 50.9 Å². The molecule has 2 atom stereocenters. The lowest BCUT2D eigenvalue weighted by molar-refractivity contribution is -0.943. The number of quaternary nitrogens is 1. The molecule has 1 N–H and O–H groups in total. The lowest BCUT2D eigenvalue weighted by Crippen LogP contribution is -3.15. The molecule has 23 heavy (non-hydrogen) atoms. The monoisotopic (exact) mass is 395 g/mol. The van der Waals surface area contributed by atoms with E-state index < -0.39 is 9.84 Å². The maximum absolute atomic E-state index is 11.7. The summed E-state index contributed by atoms with van der Waals surface area (Å²) >= 11 is 17.6. The maximum Gasteiger partial charge on any atom is 0.207 e. The van der Waals surface area contributed by atoms with Crippen molar-refractivity contribution in [2.75, 3.05) is 18.1 Å². The number of fused-ring (bicyclic) bond motifs is 1. The topological polar surface area (TPSA) is 60.8 Å². The van der Waals surface area contributed by atoms with Crippen LogP contribution in [0.5, 0.6) is 0 Å². The molecule has 0 saturated carbocycles. The molecule has 0 aromatic carbocycles. The van der Waals surface area contributed by atoms with Crippen LogP contribution >= 0.6 is 35.4 Å². The molecule has 1 unspecified atom stereocenters. The van der Waals surface area contributed by atoms with Gasteiger partial charge in [-0.15, -0.1) is 5.10 Å². The van der Waals surface area contributed by atoms with Gasteiger partial charge in [0.05, 0.1) is 22.3 Å². The number of sulfone groups is 1. The van der Waals surface area contributed by atoms with Crippen molar-refractivity contribution in [2.24, 2.45) is 0 Å². The molecule has 0 radical (unpaired) electrons. The SMILES string of the molecule is CC[NH+](Cn1nc2c(Cl)cc(Cl)cn2c1=S)[C@H]1CCS(=O)(=O)C1. The van der Waals surface area contributed by atoms with E-state index in [9.17, 15) is 8.42 Å². The summed E-state index contributed by atoms with van der Waals surface area (Å²) in [5.74, 6) is 0.489. The summed E-state index contributed by atoms with van der Waals surface area (Å²) in [6, 6.07) is 1.70. The van der Waals surface area contributed by atoms with Crippen molar-refractivity contribution < 1.29 is 13.3 Å². The van der Waals surface area contributed by atoms with E-state index in [0.717, 1.165) is 11.4 Å². The fourth-order valence-corrected chi connectivity index (χ4v) is 5.57. The molecule has 10 heteroatoms. The van der Waals surface area contributed by atoms with Crippen LogP contribution in [0.2, 0.25) is 10.0 Å². The third-order valence-electron chi connectivity index (χ3n) is 4.22. The Hall–Kier alpha value is -0.670. The standard InChI is InChI=1S/C13H16Cl2N4O2S2/c1-2-17(10-3-4-23(20,21)7-10)8-19-13(22)18-6-9(14)5-11(15)12(18)16-19/h5-6,10H,2-4,7-8H2,1H3/p+1/t10-/m0/s1. The Bertz CT molecular complexity index is 907. The van der Waals surface area contributed by atoms with Crippen molar-refractivity contribution in [3.63, 3.8) is 0 Å². The summed E-state index contributed by atoms with van der Waals surface area (Å²) in [6.07, 6.45) is 2.36. The van der Waals surface area contributed by atoms with E-state index in [2.05, 4.69) is 5.10 Å². The molecular formula is C13H17Cl2N4O2S2+. The molecule has 6 nitrogen and oxygen atoms in total. The van der Waals surface area contributed by atoms with Crippen LogP contribution in [0.15, 0.2) is 12.3 Å². The molecule has 3 heterocycles. The van der Waals surface area contributed by atoms with E-state index in [-0.39, 0.29) is 17.5 Å². The minimum atomic E-state index is -2.91. The van der Waals surface area contributed by atoms with Gasteiger partial charge in [-0.1, -0.05) is 23.2 Å². The first kappa shape index (κ1) is 17.2. The van der Waals surface area contributed by atoms with E-state index in [0.29, 0.717) is 33.6 Å². The average molecular weight is 396 g/mol. The number of hydrogen-bond acceptors (Lipinski definition) is 4. The molecule has 2 aromatic rings. The fourth-order valence-electron chi connectivity index (χ4n) is 2.99. The van der Waals surface area contributed by atoms with Crippen molar-refractivity contribution in [3.05, 3.63) is 27.1 Å². The van der Waals surface area contributed by atoms with Crippen LogP contribution in [-0.4, -0.2) is 46.7 Å². The van der Waals surface area contributed by atoms with Gasteiger partial charge in [0.25, 0.3) is 0 Å². The number of hydrogen-bond donors (Lipinski definition) is 1. The van der Waals surface area contributed by atoms with Crippen LogP contribution in [-0.2, 0) is 16.5 Å². The van der Waals surface area contributed by atoms with Gasteiger partial charge in [-0.2, -0.15) is 4.68 Å². The molecule has 0 bridgehead atoms. The number of nitrogens with one attached hydrogen (secondary N) is 1. The fraction of sp³-hybridized carbons (Fsp3) is 0.538. The lowest BCUT2D eigenvalue weighted by atomic mass is 10.2. The van der Waals surface area contributed by atoms with Gasteiger partial charge < -0.3 is 4.90 Å². The molecule has 0 spiro atoms. The first-order valence-electron chi connectivity index (χ1n) is 7.30. The van der Waals surface area contributed by atoms with Crippen LogP contribution in [0.1, 0.15) is 13.3 Å². The molecule has 1 aliphatic rings. The summed E-state index contributed by atoms with van der Waals surface area (Å²) < 4.78 is 27.3. The van der Waals surface area contributed by atoms with Crippen molar-refractivity contribution in [3.8, 4) is 0 Å². The molecule has 1 aliphatic heterocycles. The van der Waals surface area contributed by atoms with Gasteiger partial charge in [0, 0.05) is 12.6 Å². The van der Waals surface area contributed by atoms with E-state index in [4.69, 9.17) is 35.4 Å². The Morgan fingerprint density at radius 1 is 1.48 bits per heavy atom. The largest absolute Gasteiger partial charge is 0.313 e. The van der Waals surface area contributed by atoms with E-state index in [1.807, 2.05) is 6.92 Å². The Labute approximate surface area is 149 Å². The highest BCUT2D eigenvalue weighted by molar-refractivity contribution is 7.91. The van der Waals surface area contributed by atoms with Gasteiger partial charge in [0.2, 0.25) is 4.77 Å². The summed E-state index contributed by atoms with van der Waals surface area (Å²) in [4.78, 5) is 1.15. The normalized spacial score (nSPS) is 21.8. The number of aromatic nitrogens is 3. The zero-order chi connectivity index (χ0) is 16.8. The van der Waals surface area contributed by atoms with Crippen LogP contribution in [0.25, 0.3) is 5.65 Å². The Morgan fingerprint density at radius 2 is 2.22 bits per heavy atom. The van der Waals surface area contributed by atoms with Crippen LogP contribution in [0.4, 0.5) is 0 Å². The number of rotatable bonds is 4. The average Bonchev–Trinajstić information content (AvgIpc) is 2.98. The minimum absolute atomic E-state index is 0.0794. The first-order valence-corrected chi connectivity index (χ1v) is 10.3. The second-order valence-corrected chi connectivity index (χ2v) is 9.19. The Balaban J connectivity index is 1.93. The van der Waals surface area contributed by atoms with E-state index >= 15 is 0 Å². The summed E-state index contributed by atoms with van der Waals surface area (Å²) in [7, 11) is -2.91. The van der Waals surface area contributed by atoms with Gasteiger partial charge >= 0.3 is 0 Å². The van der Waals surface area contributed by atoms with E-state index in [1.165, 1.54) is 0 Å². The molecule has 126 valence electrons. The molecule has 1 saturated heterocycles. The second kappa shape index (κ2) is 6.33. The third kappa shape index (κ3) is 3.41. The number of pyridine rings is 1. The molecule has 0 amide bonds. The predicted molar refractivity (Wildman–Crippen MR) is 92.6 cm³/mol. The van der Waals surface area contributed by atoms with Crippen LogP contribution in [0, 0.1) is 4.77 Å². The summed E-state index contributed by atoms with van der Waals surface area (Å²) in [6.45, 7) is 3.33. The highest BCUT2D eigenvalue weighted by Crippen LogP contribution is 2.21. The zero-order valence-corrected chi connectivity index (χ0v) is 15.6. The van der Waals surface area contributed by atoms with E-state index in [1.54, 1.807) is 21.3 Å². The molecular weight excluding hydrogens is 379 g/mol. The molecule has 0 aliphatic carbocycles. The highest BCUT2D eigenvalue weighted by Gasteiger charge is 2.35. The molecule has 2 aromatic heterocycles. The van der Waals surface area contributed by atoms with Crippen LogP contribution < -0.4 is 4.90 Å². The van der Waals surface area contributed by atoms with Crippen molar-refractivity contribution in [1.29, 1.82) is 0 Å². The highest BCUT2D eigenvalue weighted by atomic mass is 35.5. The van der Waals surface area contributed by atoms with Crippen molar-refractivity contribution in [1.82, 2.24) is 14.2 Å². The first-order chi connectivity index (χ1) is 10.8.